The summed E-state index contributed by atoms with van der Waals surface area (Å²) in [6.45, 7) is 18.0. The number of hydrogen-bond donors (Lipinski definition) is 0. The van der Waals surface area contributed by atoms with Gasteiger partial charge in [-0.2, -0.15) is 0 Å². The number of nitrogens with zero attached hydrogens (tertiary/aromatic N) is 1. The fraction of sp³-hybridized carbons (Fsp3) is 0.978. The molecule has 2 heteroatoms. The Bertz CT molecular complexity index is 613. The third-order valence-electron chi connectivity index (χ3n) is 10.8. The molecule has 0 aliphatic carbocycles. The van der Waals surface area contributed by atoms with Gasteiger partial charge in [-0.3, -0.25) is 4.79 Å². The molecule has 288 valence electrons. The summed E-state index contributed by atoms with van der Waals surface area (Å²) in [5.74, 6) is 1.02. The van der Waals surface area contributed by atoms with E-state index in [0.29, 0.717) is 11.8 Å². The molecule has 1 atom stereocenters. The molecule has 0 aliphatic heterocycles. The van der Waals surface area contributed by atoms with Crippen LogP contribution in [-0.4, -0.2) is 23.9 Å². The fourth-order valence-electron chi connectivity index (χ4n) is 7.54. The zero-order chi connectivity index (χ0) is 35.6. The number of amides is 1. The molecule has 0 aromatic carbocycles. The van der Waals surface area contributed by atoms with Crippen LogP contribution in [0.25, 0.3) is 0 Å². The molecular formula is C46H93NO. The lowest BCUT2D eigenvalue weighted by Crippen LogP contribution is -2.40. The van der Waals surface area contributed by atoms with E-state index in [1.807, 2.05) is 0 Å². The Morgan fingerprint density at radius 3 is 0.854 bits per heavy atom. The van der Waals surface area contributed by atoms with E-state index in [4.69, 9.17) is 0 Å². The molecule has 0 heterocycles. The molecule has 1 amide bonds. The van der Waals surface area contributed by atoms with Gasteiger partial charge in [-0.1, -0.05) is 241 Å². The van der Waals surface area contributed by atoms with E-state index in [1.54, 1.807) is 0 Å². The predicted octanol–water partition coefficient (Wildman–Crippen LogP) is 16.0. The summed E-state index contributed by atoms with van der Waals surface area (Å²) in [6, 6.07) is 0. The van der Waals surface area contributed by atoms with Gasteiger partial charge in [0, 0.05) is 19.0 Å². The van der Waals surface area contributed by atoms with Crippen LogP contribution >= 0.6 is 0 Å². The summed E-state index contributed by atoms with van der Waals surface area (Å²) >= 11 is 0. The number of hydrogen-bond acceptors (Lipinski definition) is 1. The summed E-state index contributed by atoms with van der Waals surface area (Å²) in [4.78, 5) is 16.2. The second-order valence-electron chi connectivity index (χ2n) is 17.5. The molecule has 0 saturated heterocycles. The smallest absolute Gasteiger partial charge is 0.225 e. The Kier molecular flexibility index (Phi) is 34.5. The number of carbonyl (C=O) groups is 1. The average Bonchev–Trinajstić information content (AvgIpc) is 3.05. The molecule has 48 heavy (non-hydrogen) atoms. The highest BCUT2D eigenvalue weighted by Crippen LogP contribution is 2.30. The van der Waals surface area contributed by atoms with Crippen LogP contribution in [0.15, 0.2) is 0 Å². The van der Waals surface area contributed by atoms with E-state index in [2.05, 4.69) is 53.4 Å². The van der Waals surface area contributed by atoms with E-state index in [1.165, 1.54) is 205 Å². The highest BCUT2D eigenvalue weighted by Gasteiger charge is 2.30. The molecule has 0 rings (SSSR count). The van der Waals surface area contributed by atoms with Crippen LogP contribution in [-0.2, 0) is 4.79 Å². The van der Waals surface area contributed by atoms with Crippen LogP contribution in [0.1, 0.15) is 260 Å². The van der Waals surface area contributed by atoms with Gasteiger partial charge in [0.15, 0.2) is 0 Å². The Hall–Kier alpha value is -0.530. The Morgan fingerprint density at radius 1 is 0.417 bits per heavy atom. The van der Waals surface area contributed by atoms with Gasteiger partial charge in [0.05, 0.1) is 0 Å². The largest absolute Gasteiger partial charge is 0.342 e. The summed E-state index contributed by atoms with van der Waals surface area (Å²) in [5, 5.41) is 0. The van der Waals surface area contributed by atoms with Crippen molar-refractivity contribution < 1.29 is 4.79 Å². The Labute approximate surface area is 305 Å². The third-order valence-corrected chi connectivity index (χ3v) is 10.8. The molecule has 2 nitrogen and oxygen atoms in total. The second-order valence-corrected chi connectivity index (χ2v) is 17.5. The number of unbranched alkanes of at least 4 members (excludes halogenated alkanes) is 30. The van der Waals surface area contributed by atoms with Gasteiger partial charge in [-0.15, -0.1) is 0 Å². The van der Waals surface area contributed by atoms with Crippen molar-refractivity contribution in [1.82, 2.24) is 4.90 Å². The van der Waals surface area contributed by atoms with Gasteiger partial charge in [0.2, 0.25) is 5.91 Å². The first-order valence-electron chi connectivity index (χ1n) is 22.5. The van der Waals surface area contributed by atoms with Gasteiger partial charge < -0.3 is 4.90 Å². The highest BCUT2D eigenvalue weighted by atomic mass is 16.2. The molecule has 0 aromatic rings. The summed E-state index contributed by atoms with van der Waals surface area (Å²) in [6.07, 6.45) is 45.7. The lowest BCUT2D eigenvalue weighted by molar-refractivity contribution is -0.138. The van der Waals surface area contributed by atoms with Gasteiger partial charge >= 0.3 is 0 Å². The van der Waals surface area contributed by atoms with E-state index in [-0.39, 0.29) is 11.3 Å². The van der Waals surface area contributed by atoms with E-state index in [0.717, 1.165) is 19.5 Å². The summed E-state index contributed by atoms with van der Waals surface area (Å²) in [5.41, 5.74) is 0.193. The molecular weight excluding hydrogens is 583 g/mol. The summed E-state index contributed by atoms with van der Waals surface area (Å²) in [7, 11) is 0. The van der Waals surface area contributed by atoms with Crippen molar-refractivity contribution in [3.05, 3.63) is 0 Å². The van der Waals surface area contributed by atoms with Crippen LogP contribution in [0.2, 0.25) is 0 Å². The topological polar surface area (TPSA) is 20.3 Å². The lowest BCUT2D eigenvalue weighted by Gasteiger charge is -2.33. The highest BCUT2D eigenvalue weighted by molar-refractivity contribution is 5.79. The molecule has 0 spiro atoms. The maximum absolute atomic E-state index is 13.9. The Morgan fingerprint density at radius 2 is 0.646 bits per heavy atom. The molecule has 0 N–H and O–H groups in total. The van der Waals surface area contributed by atoms with E-state index >= 15 is 0 Å². The van der Waals surface area contributed by atoms with Gasteiger partial charge in [-0.05, 0) is 30.6 Å². The first kappa shape index (κ1) is 47.5. The van der Waals surface area contributed by atoms with Gasteiger partial charge in [0.25, 0.3) is 0 Å². The van der Waals surface area contributed by atoms with Crippen LogP contribution < -0.4 is 0 Å². The maximum Gasteiger partial charge on any atom is 0.225 e. The maximum atomic E-state index is 13.9. The monoisotopic (exact) mass is 676 g/mol. The second kappa shape index (κ2) is 34.9. The van der Waals surface area contributed by atoms with Crippen molar-refractivity contribution in [2.45, 2.75) is 260 Å². The van der Waals surface area contributed by atoms with Crippen molar-refractivity contribution in [1.29, 1.82) is 0 Å². The van der Waals surface area contributed by atoms with Crippen molar-refractivity contribution in [3.63, 3.8) is 0 Å². The fourth-order valence-corrected chi connectivity index (χ4v) is 7.54. The van der Waals surface area contributed by atoms with Crippen LogP contribution in [0.4, 0.5) is 0 Å². The Balaban J connectivity index is 4.18. The van der Waals surface area contributed by atoms with Crippen LogP contribution in [0.5, 0.6) is 0 Å². The average molecular weight is 676 g/mol. The van der Waals surface area contributed by atoms with Crippen molar-refractivity contribution in [2.75, 3.05) is 13.1 Å². The molecule has 0 aromatic heterocycles. The minimum atomic E-state index is 0.159. The number of carbonyl (C=O) groups excluding carboxylic acids is 1. The first-order chi connectivity index (χ1) is 23.2. The lowest BCUT2D eigenvalue weighted by atomic mass is 9.79. The predicted molar refractivity (Wildman–Crippen MR) is 218 cm³/mol. The van der Waals surface area contributed by atoms with Crippen LogP contribution in [0.3, 0.4) is 0 Å². The van der Waals surface area contributed by atoms with E-state index < -0.39 is 0 Å². The van der Waals surface area contributed by atoms with Crippen molar-refractivity contribution >= 4 is 5.91 Å². The molecule has 1 unspecified atom stereocenters. The standard InChI is InChI=1S/C46H93NO/c1-8-10-12-14-16-18-20-22-24-26-28-30-32-34-36-38-40-47(45(48)44(43(3)4)42-46(5,6)7)41-39-37-35-33-31-29-27-25-23-21-19-17-15-13-11-9-2/h43-44H,8-42H2,1-7H3. The molecule has 0 radical (unpaired) electrons. The number of rotatable bonds is 37. The minimum absolute atomic E-state index is 0.159. The van der Waals surface area contributed by atoms with Gasteiger partial charge in [-0.25, -0.2) is 0 Å². The molecule has 0 bridgehead atoms. The normalized spacial score (nSPS) is 12.7. The quantitative estimate of drug-likeness (QED) is 0.0600. The third kappa shape index (κ3) is 32.7. The minimum Gasteiger partial charge on any atom is -0.342 e. The molecule has 0 fully saturated rings. The van der Waals surface area contributed by atoms with Crippen molar-refractivity contribution in [3.8, 4) is 0 Å². The first-order valence-corrected chi connectivity index (χ1v) is 22.5. The zero-order valence-corrected chi connectivity index (χ0v) is 34.8. The zero-order valence-electron chi connectivity index (χ0n) is 34.8. The molecule has 0 aliphatic rings. The van der Waals surface area contributed by atoms with Crippen molar-refractivity contribution in [2.24, 2.45) is 17.3 Å². The SMILES string of the molecule is CCCCCCCCCCCCCCCCCCN(CCCCCCCCCCCCCCCCCC)C(=O)C(CC(C)(C)C)C(C)C. The summed E-state index contributed by atoms with van der Waals surface area (Å²) < 4.78 is 0. The van der Waals surface area contributed by atoms with E-state index in [9.17, 15) is 4.79 Å². The van der Waals surface area contributed by atoms with Crippen LogP contribution in [0, 0.1) is 17.3 Å². The van der Waals surface area contributed by atoms with Gasteiger partial charge in [0.1, 0.15) is 0 Å². The molecule has 0 saturated carbocycles.